The van der Waals surface area contributed by atoms with Gasteiger partial charge in [0.1, 0.15) is 5.75 Å². The van der Waals surface area contributed by atoms with Crippen molar-refractivity contribution in [3.8, 4) is 17.0 Å². The van der Waals surface area contributed by atoms with Gasteiger partial charge in [-0.05, 0) is 43.0 Å². The zero-order valence-electron chi connectivity index (χ0n) is 12.2. The number of nitrogens with one attached hydrogen (secondary N) is 1. The van der Waals surface area contributed by atoms with E-state index >= 15 is 0 Å². The average molecular weight is 291 g/mol. The first-order chi connectivity index (χ1) is 10.8. The maximum atomic E-state index is 12.3. The van der Waals surface area contributed by atoms with E-state index in [2.05, 4.69) is 4.98 Å². The lowest BCUT2D eigenvalue weighted by Gasteiger charge is -2.12. The van der Waals surface area contributed by atoms with E-state index in [-0.39, 0.29) is 5.43 Å². The summed E-state index contributed by atoms with van der Waals surface area (Å²) in [6, 6.07) is 17.1. The van der Waals surface area contributed by atoms with E-state index in [0.29, 0.717) is 11.3 Å². The molecular weight excluding hydrogens is 274 g/mol. The summed E-state index contributed by atoms with van der Waals surface area (Å²) < 4.78 is 5.95. The number of hydrogen-bond donors (Lipinski definition) is 1. The van der Waals surface area contributed by atoms with Gasteiger partial charge in [-0.25, -0.2) is 0 Å². The summed E-state index contributed by atoms with van der Waals surface area (Å²) in [5, 5.41) is 0.711. The van der Waals surface area contributed by atoms with Gasteiger partial charge in [-0.15, -0.1) is 0 Å². The fourth-order valence-electron chi connectivity index (χ4n) is 2.65. The predicted octanol–water partition coefficient (Wildman–Crippen LogP) is 3.98. The maximum absolute atomic E-state index is 12.3. The number of hydrogen-bond acceptors (Lipinski definition) is 2. The Hall–Kier alpha value is -2.55. The van der Waals surface area contributed by atoms with Crippen LogP contribution in [0.5, 0.6) is 5.75 Å². The van der Waals surface area contributed by atoms with Crippen molar-refractivity contribution < 1.29 is 4.74 Å². The Bertz CT molecular complexity index is 878. The Labute approximate surface area is 128 Å². The molecule has 1 saturated carbocycles. The van der Waals surface area contributed by atoms with Gasteiger partial charge in [0.05, 0.1) is 12.3 Å². The van der Waals surface area contributed by atoms with Crippen molar-refractivity contribution in [1.82, 2.24) is 4.98 Å². The standard InChI is InChI=1S/C19H17NO2/c21-18-11-17(20-16-7-3-1-5-14(16)18)15-6-2-4-8-19(15)22-12-13-9-10-13/h1-8,11,13H,9-10,12H2,(H,20,21). The van der Waals surface area contributed by atoms with Crippen molar-refractivity contribution in [3.63, 3.8) is 0 Å². The van der Waals surface area contributed by atoms with Gasteiger partial charge in [0.25, 0.3) is 0 Å². The molecule has 0 amide bonds. The molecule has 0 atom stereocenters. The lowest BCUT2D eigenvalue weighted by atomic mass is 10.1. The highest BCUT2D eigenvalue weighted by Gasteiger charge is 2.22. The molecule has 0 aliphatic heterocycles. The van der Waals surface area contributed by atoms with E-state index in [1.165, 1.54) is 12.8 Å². The number of ether oxygens (including phenoxy) is 1. The van der Waals surface area contributed by atoms with Crippen molar-refractivity contribution in [2.24, 2.45) is 5.92 Å². The van der Waals surface area contributed by atoms with E-state index in [0.717, 1.165) is 29.1 Å². The Balaban J connectivity index is 1.79. The Kier molecular flexibility index (Phi) is 3.19. The van der Waals surface area contributed by atoms with Crippen LogP contribution in [0.4, 0.5) is 0 Å². The van der Waals surface area contributed by atoms with Crippen LogP contribution < -0.4 is 10.2 Å². The fraction of sp³-hybridized carbons (Fsp3) is 0.211. The van der Waals surface area contributed by atoms with Gasteiger partial charge in [0, 0.05) is 22.5 Å². The van der Waals surface area contributed by atoms with Crippen LogP contribution in [-0.2, 0) is 0 Å². The molecule has 3 aromatic rings. The Morgan fingerprint density at radius 2 is 1.82 bits per heavy atom. The molecule has 0 bridgehead atoms. The Morgan fingerprint density at radius 1 is 1.05 bits per heavy atom. The second-order valence-corrected chi connectivity index (χ2v) is 5.84. The zero-order chi connectivity index (χ0) is 14.9. The van der Waals surface area contributed by atoms with Crippen molar-refractivity contribution in [2.45, 2.75) is 12.8 Å². The largest absolute Gasteiger partial charge is 0.493 e. The summed E-state index contributed by atoms with van der Waals surface area (Å²) in [5.41, 5.74) is 2.62. The van der Waals surface area contributed by atoms with E-state index in [4.69, 9.17) is 4.74 Å². The zero-order valence-corrected chi connectivity index (χ0v) is 12.2. The van der Waals surface area contributed by atoms with Crippen molar-refractivity contribution in [3.05, 3.63) is 64.8 Å². The minimum absolute atomic E-state index is 0.0290. The molecule has 0 spiro atoms. The third kappa shape index (κ3) is 2.50. The molecule has 110 valence electrons. The third-order valence-corrected chi connectivity index (χ3v) is 4.09. The normalized spacial score (nSPS) is 14.2. The molecule has 0 unspecified atom stereocenters. The second kappa shape index (κ2) is 5.34. The van der Waals surface area contributed by atoms with Crippen LogP contribution in [0.15, 0.2) is 59.4 Å². The van der Waals surface area contributed by atoms with Gasteiger partial charge in [0.2, 0.25) is 0 Å². The number of aromatic nitrogens is 1. The summed E-state index contributed by atoms with van der Waals surface area (Å²) in [7, 11) is 0. The molecule has 1 aliphatic rings. The highest BCUT2D eigenvalue weighted by atomic mass is 16.5. The maximum Gasteiger partial charge on any atom is 0.190 e. The molecule has 22 heavy (non-hydrogen) atoms. The number of pyridine rings is 1. The molecule has 2 aromatic carbocycles. The summed E-state index contributed by atoms with van der Waals surface area (Å²) in [6.45, 7) is 0.759. The van der Waals surface area contributed by atoms with E-state index < -0.39 is 0 Å². The molecule has 1 fully saturated rings. The van der Waals surface area contributed by atoms with E-state index in [9.17, 15) is 4.79 Å². The molecule has 1 aliphatic carbocycles. The van der Waals surface area contributed by atoms with Crippen LogP contribution in [0.1, 0.15) is 12.8 Å². The van der Waals surface area contributed by atoms with Crippen molar-refractivity contribution >= 4 is 10.9 Å². The van der Waals surface area contributed by atoms with Crippen LogP contribution in [0.3, 0.4) is 0 Å². The highest BCUT2D eigenvalue weighted by Crippen LogP contribution is 2.33. The Morgan fingerprint density at radius 3 is 2.68 bits per heavy atom. The molecule has 1 aromatic heterocycles. The number of fused-ring (bicyclic) bond motifs is 1. The fourth-order valence-corrected chi connectivity index (χ4v) is 2.65. The molecule has 0 radical (unpaired) electrons. The first kappa shape index (κ1) is 13.1. The van der Waals surface area contributed by atoms with Gasteiger partial charge >= 0.3 is 0 Å². The first-order valence-electron chi connectivity index (χ1n) is 7.65. The summed E-state index contributed by atoms with van der Waals surface area (Å²) in [5.74, 6) is 1.53. The number of rotatable bonds is 4. The third-order valence-electron chi connectivity index (χ3n) is 4.09. The van der Waals surface area contributed by atoms with Crippen LogP contribution in [0, 0.1) is 5.92 Å². The lowest BCUT2D eigenvalue weighted by Crippen LogP contribution is -2.04. The molecule has 3 nitrogen and oxygen atoms in total. The number of H-pyrrole nitrogens is 1. The number of aromatic amines is 1. The minimum atomic E-state index is 0.0290. The summed E-state index contributed by atoms with van der Waals surface area (Å²) in [4.78, 5) is 15.6. The number of para-hydroxylation sites is 2. The molecule has 4 rings (SSSR count). The van der Waals surface area contributed by atoms with Crippen LogP contribution >= 0.6 is 0 Å². The average Bonchev–Trinajstić information content (AvgIpc) is 3.37. The smallest absolute Gasteiger partial charge is 0.190 e. The van der Waals surface area contributed by atoms with Crippen molar-refractivity contribution in [2.75, 3.05) is 6.61 Å². The number of benzene rings is 2. The molecule has 3 heteroatoms. The molecule has 1 heterocycles. The second-order valence-electron chi connectivity index (χ2n) is 5.84. The predicted molar refractivity (Wildman–Crippen MR) is 88.2 cm³/mol. The summed E-state index contributed by atoms with van der Waals surface area (Å²) >= 11 is 0. The van der Waals surface area contributed by atoms with E-state index in [1.807, 2.05) is 48.5 Å². The van der Waals surface area contributed by atoms with Gasteiger partial charge in [-0.2, -0.15) is 0 Å². The van der Waals surface area contributed by atoms with E-state index in [1.54, 1.807) is 6.07 Å². The molecular formula is C19H17NO2. The first-order valence-corrected chi connectivity index (χ1v) is 7.65. The van der Waals surface area contributed by atoms with Crippen LogP contribution in [0.25, 0.3) is 22.2 Å². The summed E-state index contributed by atoms with van der Waals surface area (Å²) in [6.07, 6.45) is 2.52. The van der Waals surface area contributed by atoms with Crippen LogP contribution in [0.2, 0.25) is 0 Å². The highest BCUT2D eigenvalue weighted by molar-refractivity contribution is 5.82. The minimum Gasteiger partial charge on any atom is -0.493 e. The monoisotopic (exact) mass is 291 g/mol. The van der Waals surface area contributed by atoms with Gasteiger partial charge in [0.15, 0.2) is 5.43 Å². The topological polar surface area (TPSA) is 42.1 Å². The van der Waals surface area contributed by atoms with Gasteiger partial charge in [-0.3, -0.25) is 4.79 Å². The van der Waals surface area contributed by atoms with Gasteiger partial charge < -0.3 is 9.72 Å². The van der Waals surface area contributed by atoms with Crippen LogP contribution in [-0.4, -0.2) is 11.6 Å². The lowest BCUT2D eigenvalue weighted by molar-refractivity contribution is 0.301. The quantitative estimate of drug-likeness (QED) is 0.790. The molecule has 0 saturated heterocycles. The van der Waals surface area contributed by atoms with Gasteiger partial charge in [-0.1, -0.05) is 24.3 Å². The van der Waals surface area contributed by atoms with Crippen molar-refractivity contribution in [1.29, 1.82) is 0 Å². The molecule has 1 N–H and O–H groups in total. The SMILES string of the molecule is O=c1cc(-c2ccccc2OCC2CC2)[nH]c2ccccc12.